The Hall–Kier alpha value is -3.36. The molecule has 4 nitrogen and oxygen atoms in total. The zero-order valence-electron chi connectivity index (χ0n) is 13.9. The minimum atomic E-state index is -1.30. The van der Waals surface area contributed by atoms with Crippen molar-refractivity contribution < 1.29 is 19.0 Å². The van der Waals surface area contributed by atoms with Crippen molar-refractivity contribution in [1.82, 2.24) is 0 Å². The number of rotatable bonds is 5. The largest absolute Gasteiger partial charge is 0.488 e. The van der Waals surface area contributed by atoms with Crippen LogP contribution < -0.4 is 4.74 Å². The second kappa shape index (κ2) is 7.90. The van der Waals surface area contributed by atoms with Crippen LogP contribution in [0.1, 0.15) is 21.5 Å². The van der Waals surface area contributed by atoms with E-state index in [-0.39, 0.29) is 39.6 Å². The first-order chi connectivity index (χ1) is 13.0. The number of hydrogen-bond acceptors (Lipinski definition) is 3. The van der Waals surface area contributed by atoms with E-state index in [0.29, 0.717) is 0 Å². The van der Waals surface area contributed by atoms with Gasteiger partial charge in [0.1, 0.15) is 23.7 Å². The van der Waals surface area contributed by atoms with Crippen molar-refractivity contribution in [2.45, 2.75) is 6.61 Å². The molecule has 27 heavy (non-hydrogen) atoms. The van der Waals surface area contributed by atoms with Crippen LogP contribution in [0.4, 0.5) is 4.39 Å². The molecule has 0 aliphatic heterocycles. The quantitative estimate of drug-likeness (QED) is 0.651. The van der Waals surface area contributed by atoms with Crippen LogP contribution in [0.3, 0.4) is 0 Å². The number of carboxylic acid groups (broad SMARTS) is 1. The van der Waals surface area contributed by atoms with Gasteiger partial charge in [-0.3, -0.25) is 0 Å². The van der Waals surface area contributed by atoms with E-state index in [0.717, 1.165) is 11.6 Å². The van der Waals surface area contributed by atoms with E-state index in [4.69, 9.17) is 16.3 Å². The Balaban J connectivity index is 2.15. The highest BCUT2D eigenvalue weighted by molar-refractivity contribution is 6.33. The topological polar surface area (TPSA) is 70.3 Å². The molecule has 0 fully saturated rings. The number of benzene rings is 3. The van der Waals surface area contributed by atoms with Crippen molar-refractivity contribution in [3.63, 3.8) is 0 Å². The first-order valence-corrected chi connectivity index (χ1v) is 8.32. The lowest BCUT2D eigenvalue weighted by molar-refractivity contribution is 0.0692. The fourth-order valence-electron chi connectivity index (χ4n) is 2.72. The Kier molecular flexibility index (Phi) is 5.39. The number of aromatic carboxylic acids is 1. The molecule has 0 saturated carbocycles. The van der Waals surface area contributed by atoms with E-state index in [1.54, 1.807) is 0 Å². The van der Waals surface area contributed by atoms with Crippen LogP contribution in [0, 0.1) is 17.1 Å². The SMILES string of the molecule is N#Cc1ccc(OCc2ccccc2)c(C(=O)O)c1-c1cccc(F)c1Cl. The number of carboxylic acids is 1. The van der Waals surface area contributed by atoms with Gasteiger partial charge in [-0.05, 0) is 23.8 Å². The summed E-state index contributed by atoms with van der Waals surface area (Å²) < 4.78 is 19.6. The Morgan fingerprint density at radius 2 is 1.85 bits per heavy atom. The molecular formula is C21H13ClFNO3. The third-order valence-corrected chi connectivity index (χ3v) is 4.34. The zero-order valence-corrected chi connectivity index (χ0v) is 14.7. The lowest BCUT2D eigenvalue weighted by atomic mass is 9.93. The van der Waals surface area contributed by atoms with Crippen molar-refractivity contribution in [1.29, 1.82) is 5.26 Å². The maximum atomic E-state index is 13.9. The van der Waals surface area contributed by atoms with Crippen LogP contribution in [0.25, 0.3) is 11.1 Å². The van der Waals surface area contributed by atoms with Crippen molar-refractivity contribution in [3.05, 3.63) is 88.2 Å². The third kappa shape index (κ3) is 3.76. The van der Waals surface area contributed by atoms with E-state index in [1.165, 1.54) is 24.3 Å². The van der Waals surface area contributed by atoms with E-state index in [9.17, 15) is 19.6 Å². The van der Waals surface area contributed by atoms with Crippen molar-refractivity contribution in [2.75, 3.05) is 0 Å². The van der Waals surface area contributed by atoms with Crippen LogP contribution in [0.15, 0.2) is 60.7 Å². The van der Waals surface area contributed by atoms with Gasteiger partial charge in [0.25, 0.3) is 0 Å². The normalized spacial score (nSPS) is 10.3. The highest BCUT2D eigenvalue weighted by atomic mass is 35.5. The second-order valence-corrected chi connectivity index (χ2v) is 6.03. The first-order valence-electron chi connectivity index (χ1n) is 7.94. The molecule has 0 aliphatic carbocycles. The molecule has 0 unspecified atom stereocenters. The number of nitrogens with zero attached hydrogens (tertiary/aromatic N) is 1. The maximum absolute atomic E-state index is 13.9. The minimum Gasteiger partial charge on any atom is -0.488 e. The zero-order chi connectivity index (χ0) is 19.4. The molecule has 0 radical (unpaired) electrons. The molecule has 0 saturated heterocycles. The molecule has 6 heteroatoms. The summed E-state index contributed by atoms with van der Waals surface area (Å²) in [4.78, 5) is 12.0. The predicted octanol–water partition coefficient (Wildman–Crippen LogP) is 5.29. The number of halogens is 2. The lowest BCUT2D eigenvalue weighted by Crippen LogP contribution is -2.07. The van der Waals surface area contributed by atoms with Gasteiger partial charge in [-0.2, -0.15) is 5.26 Å². The summed E-state index contributed by atoms with van der Waals surface area (Å²) >= 11 is 6.04. The molecule has 0 atom stereocenters. The number of ether oxygens (including phenoxy) is 1. The summed E-state index contributed by atoms with van der Waals surface area (Å²) in [6.45, 7) is 0.142. The summed E-state index contributed by atoms with van der Waals surface area (Å²) in [7, 11) is 0. The van der Waals surface area contributed by atoms with Crippen molar-refractivity contribution in [3.8, 4) is 22.9 Å². The monoisotopic (exact) mass is 381 g/mol. The van der Waals surface area contributed by atoms with E-state index < -0.39 is 11.8 Å². The second-order valence-electron chi connectivity index (χ2n) is 5.65. The number of hydrogen-bond donors (Lipinski definition) is 1. The first kappa shape index (κ1) is 18.4. The molecule has 0 spiro atoms. The smallest absolute Gasteiger partial charge is 0.340 e. The van der Waals surface area contributed by atoms with E-state index >= 15 is 0 Å². The fourth-order valence-corrected chi connectivity index (χ4v) is 2.94. The Bertz CT molecular complexity index is 1050. The molecule has 0 bridgehead atoms. The van der Waals surface area contributed by atoms with Gasteiger partial charge < -0.3 is 9.84 Å². The molecule has 3 rings (SSSR count). The fraction of sp³-hybridized carbons (Fsp3) is 0.0476. The summed E-state index contributed by atoms with van der Waals surface area (Å²) in [5.74, 6) is -1.93. The summed E-state index contributed by atoms with van der Waals surface area (Å²) in [5.41, 5.74) is 0.823. The summed E-state index contributed by atoms with van der Waals surface area (Å²) in [6, 6.07) is 18.0. The predicted molar refractivity (Wildman–Crippen MR) is 99.3 cm³/mol. The molecular weight excluding hydrogens is 369 g/mol. The summed E-state index contributed by atoms with van der Waals surface area (Å²) in [5, 5.41) is 18.9. The number of nitriles is 1. The van der Waals surface area contributed by atoms with Gasteiger partial charge in [0.15, 0.2) is 0 Å². The number of carbonyl (C=O) groups is 1. The van der Waals surface area contributed by atoms with Crippen molar-refractivity contribution >= 4 is 17.6 Å². The molecule has 134 valence electrons. The van der Waals surface area contributed by atoms with E-state index in [1.807, 2.05) is 36.4 Å². The van der Waals surface area contributed by atoms with Crippen LogP contribution in [-0.4, -0.2) is 11.1 Å². The molecule has 0 amide bonds. The van der Waals surface area contributed by atoms with Gasteiger partial charge in [0, 0.05) is 11.1 Å². The highest BCUT2D eigenvalue weighted by Crippen LogP contribution is 2.38. The molecule has 0 aromatic heterocycles. The lowest BCUT2D eigenvalue weighted by Gasteiger charge is -2.16. The third-order valence-electron chi connectivity index (χ3n) is 3.96. The average Bonchev–Trinajstić information content (AvgIpc) is 2.68. The van der Waals surface area contributed by atoms with Gasteiger partial charge in [0.05, 0.1) is 16.7 Å². The van der Waals surface area contributed by atoms with Gasteiger partial charge in [0.2, 0.25) is 0 Å². The highest BCUT2D eigenvalue weighted by Gasteiger charge is 2.24. The van der Waals surface area contributed by atoms with Crippen LogP contribution in [0.5, 0.6) is 5.75 Å². The summed E-state index contributed by atoms with van der Waals surface area (Å²) in [6.07, 6.45) is 0. The molecule has 1 N–H and O–H groups in total. The van der Waals surface area contributed by atoms with Crippen LogP contribution >= 0.6 is 11.6 Å². The molecule has 3 aromatic carbocycles. The van der Waals surface area contributed by atoms with Gasteiger partial charge in [-0.1, -0.05) is 54.1 Å². The van der Waals surface area contributed by atoms with Crippen LogP contribution in [-0.2, 0) is 6.61 Å². The minimum absolute atomic E-state index is 0.0278. The molecule has 3 aromatic rings. The Labute approximate surface area is 160 Å². The van der Waals surface area contributed by atoms with Crippen molar-refractivity contribution in [2.24, 2.45) is 0 Å². The van der Waals surface area contributed by atoms with E-state index in [2.05, 4.69) is 0 Å². The Morgan fingerprint density at radius 1 is 1.11 bits per heavy atom. The molecule has 0 aliphatic rings. The van der Waals surface area contributed by atoms with Gasteiger partial charge in [-0.15, -0.1) is 0 Å². The standard InChI is InChI=1S/C21H13ClFNO3/c22-20-15(7-4-8-16(20)23)18-14(11-24)9-10-17(19(18)21(25)26)27-12-13-5-2-1-3-6-13/h1-10H,12H2,(H,25,26). The van der Waals surface area contributed by atoms with Gasteiger partial charge in [-0.25, -0.2) is 9.18 Å². The van der Waals surface area contributed by atoms with Crippen LogP contribution in [0.2, 0.25) is 5.02 Å². The Morgan fingerprint density at radius 3 is 2.52 bits per heavy atom. The maximum Gasteiger partial charge on any atom is 0.340 e. The molecule has 0 heterocycles. The van der Waals surface area contributed by atoms with Gasteiger partial charge >= 0.3 is 5.97 Å². The average molecular weight is 382 g/mol.